The summed E-state index contributed by atoms with van der Waals surface area (Å²) < 4.78 is 0. The van der Waals surface area contributed by atoms with E-state index in [1.54, 1.807) is 0 Å². The van der Waals surface area contributed by atoms with Crippen LogP contribution in [0.25, 0.3) is 10.8 Å². The van der Waals surface area contributed by atoms with E-state index in [4.69, 9.17) is 0 Å². The molecule has 1 heterocycles. The second-order valence-corrected chi connectivity index (χ2v) is 7.47. The molecule has 4 heteroatoms. The van der Waals surface area contributed by atoms with Crippen molar-refractivity contribution in [3.8, 4) is 0 Å². The Morgan fingerprint density at radius 1 is 1.12 bits per heavy atom. The first-order valence-electron chi connectivity index (χ1n) is 9.77. The van der Waals surface area contributed by atoms with Crippen LogP contribution in [-0.4, -0.2) is 35.8 Å². The topological polar surface area (TPSA) is 40.6 Å². The molecule has 1 aliphatic heterocycles. The first kappa shape index (κ1) is 17.1. The third-order valence-electron chi connectivity index (χ3n) is 5.91. The lowest BCUT2D eigenvalue weighted by Gasteiger charge is -2.27. The molecule has 0 bridgehead atoms. The summed E-state index contributed by atoms with van der Waals surface area (Å²) in [6.45, 7) is 3.20. The number of anilines is 1. The highest BCUT2D eigenvalue weighted by molar-refractivity contribution is 6.05. The third kappa shape index (κ3) is 2.98. The summed E-state index contributed by atoms with van der Waals surface area (Å²) in [4.78, 5) is 29.6. The highest BCUT2D eigenvalue weighted by Crippen LogP contribution is 2.32. The number of likely N-dealkylation sites (tertiary alicyclic amines) is 1. The second-order valence-electron chi connectivity index (χ2n) is 7.47. The summed E-state index contributed by atoms with van der Waals surface area (Å²) in [5.41, 5.74) is 0.947. The van der Waals surface area contributed by atoms with Crippen molar-refractivity contribution in [3.05, 3.63) is 42.5 Å². The minimum absolute atomic E-state index is 0.0812. The molecule has 2 aromatic rings. The molecule has 2 aromatic carbocycles. The van der Waals surface area contributed by atoms with Crippen LogP contribution in [-0.2, 0) is 9.59 Å². The van der Waals surface area contributed by atoms with Crippen LogP contribution in [0.15, 0.2) is 42.5 Å². The highest BCUT2D eigenvalue weighted by Gasteiger charge is 2.40. The van der Waals surface area contributed by atoms with Gasteiger partial charge in [0.2, 0.25) is 11.8 Å². The molecule has 0 aromatic heterocycles. The van der Waals surface area contributed by atoms with Gasteiger partial charge in [0.15, 0.2) is 0 Å². The van der Waals surface area contributed by atoms with Gasteiger partial charge in [-0.15, -0.1) is 0 Å². The van der Waals surface area contributed by atoms with Crippen LogP contribution in [0.5, 0.6) is 0 Å². The van der Waals surface area contributed by atoms with Crippen molar-refractivity contribution in [3.63, 3.8) is 0 Å². The number of rotatable bonds is 4. The predicted octanol–water partition coefficient (Wildman–Crippen LogP) is 3.98. The fourth-order valence-electron chi connectivity index (χ4n) is 4.57. The Labute approximate surface area is 154 Å². The largest absolute Gasteiger partial charge is 0.339 e. The van der Waals surface area contributed by atoms with Crippen LogP contribution >= 0.6 is 0 Å². The molecule has 1 saturated heterocycles. The molecule has 2 aliphatic rings. The molecular formula is C22H26N2O2. The molecule has 1 unspecified atom stereocenters. The first-order valence-corrected chi connectivity index (χ1v) is 9.77. The van der Waals surface area contributed by atoms with Gasteiger partial charge in [-0.2, -0.15) is 0 Å². The second kappa shape index (κ2) is 7.10. The lowest BCUT2D eigenvalue weighted by molar-refractivity contribution is -0.130. The van der Waals surface area contributed by atoms with Crippen LogP contribution in [0.2, 0.25) is 0 Å². The van der Waals surface area contributed by atoms with Crippen molar-refractivity contribution in [1.29, 1.82) is 0 Å². The lowest BCUT2D eigenvalue weighted by Crippen LogP contribution is -2.39. The summed E-state index contributed by atoms with van der Waals surface area (Å²) in [5, 5.41) is 2.22. The van der Waals surface area contributed by atoms with Crippen LogP contribution in [0.1, 0.15) is 39.0 Å². The molecule has 2 fully saturated rings. The molecule has 2 amide bonds. The molecule has 0 radical (unpaired) electrons. The maximum atomic E-state index is 13.3. The van der Waals surface area contributed by atoms with Crippen molar-refractivity contribution >= 4 is 28.3 Å². The van der Waals surface area contributed by atoms with E-state index in [-0.39, 0.29) is 17.7 Å². The van der Waals surface area contributed by atoms with E-state index in [0.717, 1.165) is 29.3 Å². The molecule has 136 valence electrons. The van der Waals surface area contributed by atoms with E-state index in [1.165, 1.54) is 12.8 Å². The minimum atomic E-state index is -0.220. The SMILES string of the molecule is CCN(C(=O)C1CC(=O)N(C2CCCC2)C1)c1cccc2ccccc12. The molecule has 1 atom stereocenters. The zero-order chi connectivity index (χ0) is 18.1. The maximum absolute atomic E-state index is 13.3. The Morgan fingerprint density at radius 3 is 2.62 bits per heavy atom. The Kier molecular flexibility index (Phi) is 4.66. The quantitative estimate of drug-likeness (QED) is 0.837. The molecule has 1 aliphatic carbocycles. The van der Waals surface area contributed by atoms with Gasteiger partial charge in [-0.3, -0.25) is 9.59 Å². The first-order chi connectivity index (χ1) is 12.7. The number of carbonyl (C=O) groups is 2. The monoisotopic (exact) mass is 350 g/mol. The fraction of sp³-hybridized carbons (Fsp3) is 0.455. The molecule has 26 heavy (non-hydrogen) atoms. The van der Waals surface area contributed by atoms with E-state index in [2.05, 4.69) is 18.2 Å². The van der Waals surface area contributed by atoms with Gasteiger partial charge in [0.25, 0.3) is 0 Å². The lowest BCUT2D eigenvalue weighted by atomic mass is 10.0. The van der Waals surface area contributed by atoms with Gasteiger partial charge >= 0.3 is 0 Å². The standard InChI is InChI=1S/C22H26N2O2/c1-2-23(20-13-7-9-16-8-3-6-12-19(16)20)22(26)17-14-21(25)24(15-17)18-10-4-5-11-18/h3,6-9,12-13,17-18H,2,4-5,10-11,14-15H2,1H3. The van der Waals surface area contributed by atoms with E-state index in [9.17, 15) is 9.59 Å². The van der Waals surface area contributed by atoms with Gasteiger partial charge in [-0.1, -0.05) is 49.2 Å². The van der Waals surface area contributed by atoms with Gasteiger partial charge in [-0.25, -0.2) is 0 Å². The van der Waals surface area contributed by atoms with E-state index in [0.29, 0.717) is 25.6 Å². The average Bonchev–Trinajstić information content (AvgIpc) is 3.32. The van der Waals surface area contributed by atoms with Crippen LogP contribution in [0.3, 0.4) is 0 Å². The number of hydrogen-bond acceptors (Lipinski definition) is 2. The van der Waals surface area contributed by atoms with Crippen molar-refractivity contribution in [2.45, 2.75) is 45.1 Å². The Hall–Kier alpha value is -2.36. The number of nitrogens with zero attached hydrogens (tertiary/aromatic N) is 2. The average molecular weight is 350 g/mol. The molecule has 4 rings (SSSR count). The van der Waals surface area contributed by atoms with E-state index < -0.39 is 0 Å². The summed E-state index contributed by atoms with van der Waals surface area (Å²) in [6, 6.07) is 14.6. The molecule has 1 saturated carbocycles. The summed E-state index contributed by atoms with van der Waals surface area (Å²) >= 11 is 0. The zero-order valence-corrected chi connectivity index (χ0v) is 15.4. The zero-order valence-electron chi connectivity index (χ0n) is 15.4. The Morgan fingerprint density at radius 2 is 1.85 bits per heavy atom. The van der Waals surface area contributed by atoms with Crippen molar-refractivity contribution < 1.29 is 9.59 Å². The third-order valence-corrected chi connectivity index (χ3v) is 5.91. The van der Waals surface area contributed by atoms with Gasteiger partial charge < -0.3 is 9.80 Å². The van der Waals surface area contributed by atoms with Crippen LogP contribution < -0.4 is 4.90 Å². The van der Waals surface area contributed by atoms with Crippen molar-refractivity contribution in [2.24, 2.45) is 5.92 Å². The molecule has 0 N–H and O–H groups in total. The number of amides is 2. The Balaban J connectivity index is 1.59. The van der Waals surface area contributed by atoms with Gasteiger partial charge in [-0.05, 0) is 31.2 Å². The van der Waals surface area contributed by atoms with E-state index in [1.807, 2.05) is 41.0 Å². The fourth-order valence-corrected chi connectivity index (χ4v) is 4.57. The number of fused-ring (bicyclic) bond motifs is 1. The van der Waals surface area contributed by atoms with Gasteiger partial charge in [0.1, 0.15) is 0 Å². The van der Waals surface area contributed by atoms with Crippen molar-refractivity contribution in [2.75, 3.05) is 18.0 Å². The van der Waals surface area contributed by atoms with Crippen LogP contribution in [0, 0.1) is 5.92 Å². The minimum Gasteiger partial charge on any atom is -0.339 e. The Bertz CT molecular complexity index is 821. The van der Waals surface area contributed by atoms with Gasteiger partial charge in [0, 0.05) is 30.9 Å². The number of carbonyl (C=O) groups excluding carboxylic acids is 2. The van der Waals surface area contributed by atoms with E-state index >= 15 is 0 Å². The van der Waals surface area contributed by atoms with Gasteiger partial charge in [0.05, 0.1) is 11.6 Å². The summed E-state index contributed by atoms with van der Waals surface area (Å²) in [7, 11) is 0. The highest BCUT2D eigenvalue weighted by atomic mass is 16.2. The summed E-state index contributed by atoms with van der Waals surface area (Å²) in [5.74, 6) is 0.0175. The number of benzene rings is 2. The smallest absolute Gasteiger partial charge is 0.232 e. The van der Waals surface area contributed by atoms with Crippen molar-refractivity contribution in [1.82, 2.24) is 4.90 Å². The number of hydrogen-bond donors (Lipinski definition) is 0. The maximum Gasteiger partial charge on any atom is 0.232 e. The molecular weight excluding hydrogens is 324 g/mol. The predicted molar refractivity (Wildman–Crippen MR) is 104 cm³/mol. The van der Waals surface area contributed by atoms with Crippen LogP contribution in [0.4, 0.5) is 5.69 Å². The molecule has 4 nitrogen and oxygen atoms in total. The summed E-state index contributed by atoms with van der Waals surface area (Å²) in [6.07, 6.45) is 4.94. The normalized spacial score (nSPS) is 20.9. The molecule has 0 spiro atoms.